The molecule has 0 saturated carbocycles. The first kappa shape index (κ1) is 16.0. The molecule has 2 aromatic heterocycles. The fourth-order valence-electron chi connectivity index (χ4n) is 2.65. The van der Waals surface area contributed by atoms with Crippen LogP contribution in [0, 0.1) is 0 Å². The molecule has 0 radical (unpaired) electrons. The number of benzene rings is 2. The minimum absolute atomic E-state index is 0.00791. The standard InChI is InChI=1S/C20H16N2OS2/c23-19(21-12-14-8-9-24-13-14)11-20-22-17-7-6-16(10-18(17)25-20)15-4-2-1-3-5-15/h1-10,13H,11-12H2,(H,21,23). The number of nitrogens with zero attached hydrogens (tertiary/aromatic N) is 1. The van der Waals surface area contributed by atoms with Gasteiger partial charge in [-0.2, -0.15) is 11.3 Å². The number of amides is 1. The molecular weight excluding hydrogens is 348 g/mol. The van der Waals surface area contributed by atoms with Gasteiger partial charge < -0.3 is 5.32 Å². The Morgan fingerprint density at radius 3 is 2.72 bits per heavy atom. The van der Waals surface area contributed by atoms with E-state index in [1.807, 2.05) is 41.1 Å². The Labute approximate surface area is 154 Å². The lowest BCUT2D eigenvalue weighted by atomic mass is 10.1. The van der Waals surface area contributed by atoms with E-state index in [-0.39, 0.29) is 5.91 Å². The summed E-state index contributed by atoms with van der Waals surface area (Å²) < 4.78 is 1.11. The number of carbonyl (C=O) groups excluding carboxylic acids is 1. The van der Waals surface area contributed by atoms with Crippen molar-refractivity contribution in [3.05, 3.63) is 75.9 Å². The van der Waals surface area contributed by atoms with E-state index in [1.54, 1.807) is 22.7 Å². The molecule has 3 nitrogen and oxygen atoms in total. The second-order valence-electron chi connectivity index (χ2n) is 5.74. The molecule has 0 atom stereocenters. The van der Waals surface area contributed by atoms with Crippen molar-refractivity contribution in [1.82, 2.24) is 10.3 Å². The summed E-state index contributed by atoms with van der Waals surface area (Å²) in [5, 5.41) is 7.86. The molecule has 25 heavy (non-hydrogen) atoms. The molecule has 0 bridgehead atoms. The van der Waals surface area contributed by atoms with E-state index in [1.165, 1.54) is 11.1 Å². The number of carbonyl (C=O) groups is 1. The average molecular weight is 364 g/mol. The van der Waals surface area contributed by atoms with Crippen molar-refractivity contribution in [3.8, 4) is 11.1 Å². The van der Waals surface area contributed by atoms with Gasteiger partial charge in [0.2, 0.25) is 5.91 Å². The fraction of sp³-hybridized carbons (Fsp3) is 0.100. The third-order valence-electron chi connectivity index (χ3n) is 3.92. The topological polar surface area (TPSA) is 42.0 Å². The number of hydrogen-bond donors (Lipinski definition) is 1. The highest BCUT2D eigenvalue weighted by molar-refractivity contribution is 7.18. The summed E-state index contributed by atoms with van der Waals surface area (Å²) in [5.41, 5.74) is 4.44. The molecule has 0 saturated heterocycles. The highest BCUT2D eigenvalue weighted by Crippen LogP contribution is 2.28. The van der Waals surface area contributed by atoms with Crippen LogP contribution in [-0.4, -0.2) is 10.9 Å². The Morgan fingerprint density at radius 2 is 1.92 bits per heavy atom. The molecule has 4 rings (SSSR count). The van der Waals surface area contributed by atoms with E-state index in [0.29, 0.717) is 13.0 Å². The quantitative estimate of drug-likeness (QED) is 0.548. The van der Waals surface area contributed by atoms with Crippen molar-refractivity contribution < 1.29 is 4.79 Å². The first-order chi connectivity index (χ1) is 12.3. The summed E-state index contributed by atoms with van der Waals surface area (Å²) in [6.45, 7) is 0.575. The number of thiophene rings is 1. The molecule has 2 heterocycles. The predicted molar refractivity (Wildman–Crippen MR) is 105 cm³/mol. The largest absolute Gasteiger partial charge is 0.352 e. The summed E-state index contributed by atoms with van der Waals surface area (Å²) >= 11 is 3.22. The Kier molecular flexibility index (Phi) is 4.59. The van der Waals surface area contributed by atoms with Gasteiger partial charge in [0.05, 0.1) is 16.6 Å². The molecule has 0 aliphatic carbocycles. The minimum atomic E-state index is 0.00791. The van der Waals surface area contributed by atoms with Crippen molar-refractivity contribution in [2.75, 3.05) is 0 Å². The summed E-state index contributed by atoms with van der Waals surface area (Å²) in [6, 6.07) is 18.6. The van der Waals surface area contributed by atoms with Gasteiger partial charge in [-0.15, -0.1) is 11.3 Å². The number of aromatic nitrogens is 1. The van der Waals surface area contributed by atoms with Crippen LogP contribution in [0.5, 0.6) is 0 Å². The van der Waals surface area contributed by atoms with Gasteiger partial charge in [0.15, 0.2) is 0 Å². The van der Waals surface area contributed by atoms with Gasteiger partial charge in [0, 0.05) is 6.54 Å². The van der Waals surface area contributed by atoms with Crippen molar-refractivity contribution in [3.63, 3.8) is 0 Å². The SMILES string of the molecule is O=C(Cc1nc2ccc(-c3ccccc3)cc2s1)NCc1ccsc1. The highest BCUT2D eigenvalue weighted by Gasteiger charge is 2.10. The molecule has 1 N–H and O–H groups in total. The van der Waals surface area contributed by atoms with Crippen LogP contribution in [0.3, 0.4) is 0 Å². The number of hydrogen-bond acceptors (Lipinski definition) is 4. The number of nitrogens with one attached hydrogen (secondary N) is 1. The normalized spacial score (nSPS) is 10.9. The Morgan fingerprint density at radius 1 is 1.04 bits per heavy atom. The van der Waals surface area contributed by atoms with Crippen LogP contribution in [-0.2, 0) is 17.8 Å². The van der Waals surface area contributed by atoms with E-state index >= 15 is 0 Å². The Bertz CT molecular complexity index is 991. The van der Waals surface area contributed by atoms with E-state index in [0.717, 1.165) is 20.8 Å². The lowest BCUT2D eigenvalue weighted by Crippen LogP contribution is -2.24. The number of fused-ring (bicyclic) bond motifs is 1. The summed E-state index contributed by atoms with van der Waals surface area (Å²) in [7, 11) is 0. The van der Waals surface area contributed by atoms with E-state index in [4.69, 9.17) is 0 Å². The summed E-state index contributed by atoms with van der Waals surface area (Å²) in [4.78, 5) is 16.7. The Hall–Kier alpha value is -2.50. The average Bonchev–Trinajstić information content (AvgIpc) is 3.29. The maximum absolute atomic E-state index is 12.1. The van der Waals surface area contributed by atoms with Gasteiger partial charge in [0.1, 0.15) is 5.01 Å². The lowest BCUT2D eigenvalue weighted by Gasteiger charge is -2.01. The minimum Gasteiger partial charge on any atom is -0.352 e. The second kappa shape index (κ2) is 7.17. The van der Waals surface area contributed by atoms with Crippen LogP contribution in [0.4, 0.5) is 0 Å². The molecule has 5 heteroatoms. The van der Waals surface area contributed by atoms with Gasteiger partial charge in [-0.05, 0) is 45.6 Å². The van der Waals surface area contributed by atoms with Gasteiger partial charge in [-0.25, -0.2) is 4.98 Å². The van der Waals surface area contributed by atoms with Crippen molar-refractivity contribution in [2.45, 2.75) is 13.0 Å². The van der Waals surface area contributed by atoms with Crippen molar-refractivity contribution in [1.29, 1.82) is 0 Å². The van der Waals surface area contributed by atoms with E-state index in [2.05, 4.69) is 34.6 Å². The van der Waals surface area contributed by atoms with Crippen molar-refractivity contribution in [2.24, 2.45) is 0 Å². The predicted octanol–water partition coefficient (Wildman–Crippen LogP) is 4.88. The number of rotatable bonds is 5. The van der Waals surface area contributed by atoms with Crippen LogP contribution in [0.1, 0.15) is 10.6 Å². The third kappa shape index (κ3) is 3.78. The van der Waals surface area contributed by atoms with Gasteiger partial charge >= 0.3 is 0 Å². The zero-order valence-electron chi connectivity index (χ0n) is 13.4. The van der Waals surface area contributed by atoms with Crippen LogP contribution >= 0.6 is 22.7 Å². The Balaban J connectivity index is 1.48. The molecule has 0 aliphatic rings. The third-order valence-corrected chi connectivity index (χ3v) is 5.67. The van der Waals surface area contributed by atoms with E-state index in [9.17, 15) is 4.79 Å². The van der Waals surface area contributed by atoms with Crippen LogP contribution in [0.25, 0.3) is 21.3 Å². The summed E-state index contributed by atoms with van der Waals surface area (Å²) in [6.07, 6.45) is 0.324. The van der Waals surface area contributed by atoms with Gasteiger partial charge in [-0.3, -0.25) is 4.79 Å². The molecule has 124 valence electrons. The molecular formula is C20H16N2OS2. The van der Waals surface area contributed by atoms with Crippen molar-refractivity contribution >= 4 is 38.8 Å². The zero-order chi connectivity index (χ0) is 17.1. The molecule has 0 aliphatic heterocycles. The first-order valence-electron chi connectivity index (χ1n) is 8.00. The smallest absolute Gasteiger partial charge is 0.227 e. The molecule has 2 aromatic carbocycles. The molecule has 0 unspecified atom stereocenters. The van der Waals surface area contributed by atoms with Gasteiger partial charge in [-0.1, -0.05) is 36.4 Å². The van der Waals surface area contributed by atoms with Crippen LogP contribution < -0.4 is 5.32 Å². The lowest BCUT2D eigenvalue weighted by molar-refractivity contribution is -0.120. The summed E-state index contributed by atoms with van der Waals surface area (Å²) in [5.74, 6) is 0.00791. The second-order valence-corrected chi connectivity index (χ2v) is 7.64. The first-order valence-corrected chi connectivity index (χ1v) is 9.76. The van der Waals surface area contributed by atoms with Gasteiger partial charge in [0.25, 0.3) is 0 Å². The molecule has 0 fully saturated rings. The van der Waals surface area contributed by atoms with Crippen LogP contribution in [0.2, 0.25) is 0 Å². The maximum atomic E-state index is 12.1. The van der Waals surface area contributed by atoms with Crippen LogP contribution in [0.15, 0.2) is 65.4 Å². The zero-order valence-corrected chi connectivity index (χ0v) is 15.1. The molecule has 0 spiro atoms. The monoisotopic (exact) mass is 364 g/mol. The molecule has 1 amide bonds. The fourth-order valence-corrected chi connectivity index (χ4v) is 4.33. The van der Waals surface area contributed by atoms with E-state index < -0.39 is 0 Å². The number of thiazole rings is 1. The molecule has 4 aromatic rings. The highest BCUT2D eigenvalue weighted by atomic mass is 32.1. The maximum Gasteiger partial charge on any atom is 0.227 e.